The number of ether oxygens (including phenoxy) is 2. The molecule has 0 N–H and O–H groups in total. The SMILES string of the molecule is Cc1cc(=O)oc2cc(O[C@@H](C)C(=O)OCc3ccccc3Cl)ccc12. The Kier molecular flexibility index (Phi) is 5.28. The number of benzene rings is 2. The van der Waals surface area contributed by atoms with Gasteiger partial charge in [0.1, 0.15) is 17.9 Å². The fourth-order valence-corrected chi connectivity index (χ4v) is 2.70. The van der Waals surface area contributed by atoms with E-state index in [4.69, 9.17) is 25.5 Å². The fourth-order valence-electron chi connectivity index (χ4n) is 2.51. The van der Waals surface area contributed by atoms with Crippen LogP contribution in [0, 0.1) is 6.92 Å². The second-order valence-corrected chi connectivity index (χ2v) is 6.27. The highest BCUT2D eigenvalue weighted by Crippen LogP contribution is 2.23. The molecule has 0 aliphatic carbocycles. The minimum Gasteiger partial charge on any atom is -0.479 e. The molecule has 0 bridgehead atoms. The number of esters is 1. The van der Waals surface area contributed by atoms with Gasteiger partial charge in [-0.2, -0.15) is 0 Å². The predicted molar refractivity (Wildman–Crippen MR) is 98.6 cm³/mol. The number of halogens is 1. The molecule has 3 rings (SSSR count). The number of fused-ring (bicyclic) bond motifs is 1. The predicted octanol–water partition coefficient (Wildman–Crippen LogP) is 4.27. The van der Waals surface area contributed by atoms with E-state index in [-0.39, 0.29) is 6.61 Å². The van der Waals surface area contributed by atoms with Crippen LogP contribution in [0.25, 0.3) is 11.0 Å². The smallest absolute Gasteiger partial charge is 0.347 e. The first-order valence-electron chi connectivity index (χ1n) is 8.05. The molecule has 1 aromatic heterocycles. The van der Waals surface area contributed by atoms with Gasteiger partial charge in [0.15, 0.2) is 6.10 Å². The third-order valence-electron chi connectivity index (χ3n) is 3.90. The summed E-state index contributed by atoms with van der Waals surface area (Å²) in [6, 6.07) is 13.7. The first-order chi connectivity index (χ1) is 12.4. The van der Waals surface area contributed by atoms with Gasteiger partial charge in [0.25, 0.3) is 0 Å². The molecule has 3 aromatic rings. The van der Waals surface area contributed by atoms with E-state index in [0.717, 1.165) is 16.5 Å². The Hall–Kier alpha value is -2.79. The highest BCUT2D eigenvalue weighted by molar-refractivity contribution is 6.31. The summed E-state index contributed by atoms with van der Waals surface area (Å²) in [4.78, 5) is 23.6. The second kappa shape index (κ2) is 7.62. The average molecular weight is 373 g/mol. The van der Waals surface area contributed by atoms with Crippen molar-refractivity contribution in [2.24, 2.45) is 0 Å². The van der Waals surface area contributed by atoms with Crippen molar-refractivity contribution in [3.05, 3.63) is 75.1 Å². The molecule has 134 valence electrons. The molecule has 5 nitrogen and oxygen atoms in total. The number of rotatable bonds is 5. The van der Waals surface area contributed by atoms with Gasteiger partial charge in [-0.25, -0.2) is 9.59 Å². The van der Waals surface area contributed by atoms with E-state index in [1.54, 1.807) is 43.3 Å². The lowest BCUT2D eigenvalue weighted by atomic mass is 10.1. The van der Waals surface area contributed by atoms with Gasteiger partial charge in [0.05, 0.1) is 0 Å². The summed E-state index contributed by atoms with van der Waals surface area (Å²) < 4.78 is 16.0. The molecule has 0 aliphatic rings. The Bertz CT molecular complexity index is 1010. The molecule has 0 saturated carbocycles. The molecule has 2 aromatic carbocycles. The van der Waals surface area contributed by atoms with E-state index in [1.807, 2.05) is 13.0 Å². The largest absolute Gasteiger partial charge is 0.479 e. The quantitative estimate of drug-likeness (QED) is 0.494. The fraction of sp³-hybridized carbons (Fsp3) is 0.200. The zero-order chi connectivity index (χ0) is 18.7. The van der Waals surface area contributed by atoms with Crippen molar-refractivity contribution >= 4 is 28.5 Å². The van der Waals surface area contributed by atoms with E-state index in [0.29, 0.717) is 16.4 Å². The van der Waals surface area contributed by atoms with Crippen LogP contribution in [0.5, 0.6) is 5.75 Å². The van der Waals surface area contributed by atoms with E-state index in [1.165, 1.54) is 6.07 Å². The average Bonchev–Trinajstić information content (AvgIpc) is 2.60. The van der Waals surface area contributed by atoms with Crippen LogP contribution in [0.15, 0.2) is 57.7 Å². The summed E-state index contributed by atoms with van der Waals surface area (Å²) in [5.74, 6) is -0.107. The summed E-state index contributed by atoms with van der Waals surface area (Å²) in [5, 5.41) is 1.35. The lowest BCUT2D eigenvalue weighted by Crippen LogP contribution is -2.26. The summed E-state index contributed by atoms with van der Waals surface area (Å²) >= 11 is 6.04. The zero-order valence-corrected chi connectivity index (χ0v) is 15.1. The molecule has 0 unspecified atom stereocenters. The van der Waals surface area contributed by atoms with Gasteiger partial charge < -0.3 is 13.9 Å². The van der Waals surface area contributed by atoms with Crippen LogP contribution in [-0.2, 0) is 16.1 Å². The Balaban J connectivity index is 1.68. The second-order valence-electron chi connectivity index (χ2n) is 5.87. The standard InChI is InChI=1S/C20H17ClO5/c1-12-9-19(22)26-18-10-15(7-8-16(12)18)25-13(2)20(23)24-11-14-5-3-4-6-17(14)21/h3-10,13H,11H2,1-2H3/t13-/m0/s1. The molecule has 0 amide bonds. The van der Waals surface area contributed by atoms with Crippen molar-refractivity contribution in [1.82, 2.24) is 0 Å². The van der Waals surface area contributed by atoms with Gasteiger partial charge in [0, 0.05) is 28.1 Å². The molecule has 26 heavy (non-hydrogen) atoms. The normalized spacial score (nSPS) is 12.0. The lowest BCUT2D eigenvalue weighted by molar-refractivity contribution is -0.152. The van der Waals surface area contributed by atoms with Crippen molar-refractivity contribution in [3.8, 4) is 5.75 Å². The van der Waals surface area contributed by atoms with Crippen molar-refractivity contribution in [3.63, 3.8) is 0 Å². The van der Waals surface area contributed by atoms with E-state index in [2.05, 4.69) is 0 Å². The van der Waals surface area contributed by atoms with Crippen LogP contribution in [0.2, 0.25) is 5.02 Å². The molecule has 1 atom stereocenters. The Morgan fingerprint density at radius 2 is 1.96 bits per heavy atom. The summed E-state index contributed by atoms with van der Waals surface area (Å²) in [6.07, 6.45) is -0.827. The van der Waals surface area contributed by atoms with Crippen LogP contribution in [0.1, 0.15) is 18.1 Å². The van der Waals surface area contributed by atoms with Crippen molar-refractivity contribution in [2.75, 3.05) is 0 Å². The molecule has 0 radical (unpaired) electrons. The first kappa shape index (κ1) is 18.0. The Morgan fingerprint density at radius 3 is 2.73 bits per heavy atom. The minimum absolute atomic E-state index is 0.0675. The van der Waals surface area contributed by atoms with E-state index < -0.39 is 17.7 Å². The first-order valence-corrected chi connectivity index (χ1v) is 8.43. The van der Waals surface area contributed by atoms with E-state index in [9.17, 15) is 9.59 Å². The lowest BCUT2D eigenvalue weighted by Gasteiger charge is -2.14. The molecule has 1 heterocycles. The Labute approximate surface area is 155 Å². The van der Waals surface area contributed by atoms with E-state index >= 15 is 0 Å². The molecule has 0 fully saturated rings. The monoisotopic (exact) mass is 372 g/mol. The Morgan fingerprint density at radius 1 is 1.19 bits per heavy atom. The summed E-state index contributed by atoms with van der Waals surface area (Å²) in [5.41, 5.74) is 1.51. The van der Waals surface area contributed by atoms with Gasteiger partial charge in [-0.15, -0.1) is 0 Å². The number of carbonyl (C=O) groups excluding carboxylic acids is 1. The number of carbonyl (C=O) groups is 1. The molecule has 0 saturated heterocycles. The van der Waals surface area contributed by atoms with Gasteiger partial charge >= 0.3 is 11.6 Å². The topological polar surface area (TPSA) is 65.7 Å². The van der Waals surface area contributed by atoms with Crippen LogP contribution in [0.3, 0.4) is 0 Å². The molecule has 0 spiro atoms. The number of aryl methyl sites for hydroxylation is 1. The zero-order valence-electron chi connectivity index (χ0n) is 14.3. The third kappa shape index (κ3) is 4.06. The summed E-state index contributed by atoms with van der Waals surface area (Å²) in [7, 11) is 0. The minimum atomic E-state index is -0.827. The molecule has 0 aliphatic heterocycles. The van der Waals surface area contributed by atoms with Crippen LogP contribution < -0.4 is 10.4 Å². The maximum absolute atomic E-state index is 12.1. The molecular formula is C20H17ClO5. The van der Waals surface area contributed by atoms with Crippen molar-refractivity contribution < 1.29 is 18.7 Å². The van der Waals surface area contributed by atoms with Crippen LogP contribution in [0.4, 0.5) is 0 Å². The summed E-state index contributed by atoms with van der Waals surface area (Å²) in [6.45, 7) is 3.48. The number of hydrogen-bond donors (Lipinski definition) is 0. The maximum atomic E-state index is 12.1. The van der Waals surface area contributed by atoms with Gasteiger partial charge in [0.2, 0.25) is 0 Å². The van der Waals surface area contributed by atoms with Crippen LogP contribution >= 0.6 is 11.6 Å². The highest BCUT2D eigenvalue weighted by Gasteiger charge is 2.17. The van der Waals surface area contributed by atoms with Crippen LogP contribution in [-0.4, -0.2) is 12.1 Å². The van der Waals surface area contributed by atoms with Crippen molar-refractivity contribution in [2.45, 2.75) is 26.6 Å². The molecular weight excluding hydrogens is 356 g/mol. The number of hydrogen-bond acceptors (Lipinski definition) is 5. The van der Waals surface area contributed by atoms with Gasteiger partial charge in [-0.05, 0) is 37.6 Å². The third-order valence-corrected chi connectivity index (χ3v) is 4.26. The molecule has 6 heteroatoms. The van der Waals surface area contributed by atoms with Crippen molar-refractivity contribution in [1.29, 1.82) is 0 Å². The van der Waals surface area contributed by atoms with Gasteiger partial charge in [-0.1, -0.05) is 29.8 Å². The maximum Gasteiger partial charge on any atom is 0.347 e. The highest BCUT2D eigenvalue weighted by atomic mass is 35.5. The van der Waals surface area contributed by atoms with Gasteiger partial charge in [-0.3, -0.25) is 0 Å².